The summed E-state index contributed by atoms with van der Waals surface area (Å²) in [6.07, 6.45) is 18.0. The summed E-state index contributed by atoms with van der Waals surface area (Å²) in [4.78, 5) is 0. The SMILES string of the molecule is CCCCCCCC1CCC2C(CCC(C#N)C2CCC)C1. The second kappa shape index (κ2) is 9.59. The van der Waals surface area contributed by atoms with Gasteiger partial charge in [0.05, 0.1) is 6.07 Å². The van der Waals surface area contributed by atoms with Crippen LogP contribution in [0.1, 0.15) is 97.3 Å². The van der Waals surface area contributed by atoms with Crippen molar-refractivity contribution in [1.29, 1.82) is 5.26 Å². The molecule has 126 valence electrons. The van der Waals surface area contributed by atoms with Gasteiger partial charge in [0, 0.05) is 5.92 Å². The maximum absolute atomic E-state index is 9.47. The fraction of sp³-hybridized carbons (Fsp3) is 0.952. The molecule has 0 spiro atoms. The predicted octanol–water partition coefficient (Wildman–Crippen LogP) is 6.73. The summed E-state index contributed by atoms with van der Waals surface area (Å²) in [6.45, 7) is 4.59. The van der Waals surface area contributed by atoms with Crippen LogP contribution in [0.4, 0.5) is 0 Å². The largest absolute Gasteiger partial charge is 0.198 e. The second-order valence-corrected chi connectivity index (χ2v) is 8.07. The van der Waals surface area contributed by atoms with Gasteiger partial charge in [-0.1, -0.05) is 65.2 Å². The third-order valence-electron chi connectivity index (χ3n) is 6.57. The molecule has 0 aromatic heterocycles. The fourth-order valence-electron chi connectivity index (χ4n) is 5.39. The Morgan fingerprint density at radius 1 is 0.864 bits per heavy atom. The molecule has 5 unspecified atom stereocenters. The van der Waals surface area contributed by atoms with Crippen molar-refractivity contribution in [2.75, 3.05) is 0 Å². The minimum Gasteiger partial charge on any atom is -0.198 e. The summed E-state index contributed by atoms with van der Waals surface area (Å²) in [6, 6.07) is 2.64. The summed E-state index contributed by atoms with van der Waals surface area (Å²) in [5, 5.41) is 9.47. The van der Waals surface area contributed by atoms with E-state index in [-0.39, 0.29) is 0 Å². The van der Waals surface area contributed by atoms with Crippen LogP contribution < -0.4 is 0 Å². The molecule has 2 saturated carbocycles. The fourth-order valence-corrected chi connectivity index (χ4v) is 5.39. The highest BCUT2D eigenvalue weighted by Gasteiger charge is 2.41. The van der Waals surface area contributed by atoms with Crippen molar-refractivity contribution in [1.82, 2.24) is 0 Å². The van der Waals surface area contributed by atoms with E-state index in [1.54, 1.807) is 0 Å². The van der Waals surface area contributed by atoms with Gasteiger partial charge in [-0.2, -0.15) is 5.26 Å². The Kier molecular flexibility index (Phi) is 7.77. The smallest absolute Gasteiger partial charge is 0.0658 e. The van der Waals surface area contributed by atoms with Gasteiger partial charge < -0.3 is 0 Å². The zero-order chi connectivity index (χ0) is 15.8. The maximum Gasteiger partial charge on any atom is 0.0658 e. The predicted molar refractivity (Wildman–Crippen MR) is 94.4 cm³/mol. The minimum atomic E-state index is 0.367. The van der Waals surface area contributed by atoms with Crippen LogP contribution in [-0.2, 0) is 0 Å². The standard InChI is InChI=1S/C21H37N/c1-3-5-6-7-8-10-17-11-14-21-18(15-17)12-13-19(16-22)20(21)9-4-2/h17-21H,3-15H2,1-2H3. The molecular formula is C21H37N. The first kappa shape index (κ1) is 17.8. The topological polar surface area (TPSA) is 23.8 Å². The van der Waals surface area contributed by atoms with Crippen LogP contribution in [-0.4, -0.2) is 0 Å². The number of hydrogen-bond acceptors (Lipinski definition) is 1. The van der Waals surface area contributed by atoms with Gasteiger partial charge in [0.15, 0.2) is 0 Å². The third-order valence-corrected chi connectivity index (χ3v) is 6.57. The van der Waals surface area contributed by atoms with Gasteiger partial charge >= 0.3 is 0 Å². The summed E-state index contributed by atoms with van der Waals surface area (Å²) < 4.78 is 0. The molecule has 2 fully saturated rings. The van der Waals surface area contributed by atoms with Crippen LogP contribution in [0.15, 0.2) is 0 Å². The molecule has 0 aliphatic heterocycles. The summed E-state index contributed by atoms with van der Waals surface area (Å²) in [5.41, 5.74) is 0. The summed E-state index contributed by atoms with van der Waals surface area (Å²) >= 11 is 0. The van der Waals surface area contributed by atoms with Crippen LogP contribution in [0.3, 0.4) is 0 Å². The molecule has 5 atom stereocenters. The van der Waals surface area contributed by atoms with Crippen molar-refractivity contribution in [3.05, 3.63) is 0 Å². The average Bonchev–Trinajstić information content (AvgIpc) is 2.55. The van der Waals surface area contributed by atoms with E-state index >= 15 is 0 Å². The van der Waals surface area contributed by atoms with Crippen molar-refractivity contribution in [2.24, 2.45) is 29.6 Å². The summed E-state index contributed by atoms with van der Waals surface area (Å²) in [7, 11) is 0. The van der Waals surface area contributed by atoms with Crippen LogP contribution >= 0.6 is 0 Å². The lowest BCUT2D eigenvalue weighted by Crippen LogP contribution is -2.38. The summed E-state index contributed by atoms with van der Waals surface area (Å²) in [5.74, 6) is 3.93. The van der Waals surface area contributed by atoms with Crippen molar-refractivity contribution < 1.29 is 0 Å². The Labute approximate surface area is 138 Å². The molecule has 0 aromatic carbocycles. The van der Waals surface area contributed by atoms with E-state index in [1.807, 2.05) is 0 Å². The van der Waals surface area contributed by atoms with Gasteiger partial charge in [-0.3, -0.25) is 0 Å². The number of nitriles is 1. The molecule has 0 bridgehead atoms. The molecule has 1 heteroatoms. The monoisotopic (exact) mass is 303 g/mol. The van der Waals surface area contributed by atoms with E-state index in [1.165, 1.54) is 83.5 Å². The Balaban J connectivity index is 1.78. The molecule has 0 saturated heterocycles. The van der Waals surface area contributed by atoms with Gasteiger partial charge in [-0.05, 0) is 55.8 Å². The molecule has 0 radical (unpaired) electrons. The molecule has 0 N–H and O–H groups in total. The molecule has 2 rings (SSSR count). The highest BCUT2D eigenvalue weighted by Crippen LogP contribution is 2.50. The quantitative estimate of drug-likeness (QED) is 0.456. The van der Waals surface area contributed by atoms with Gasteiger partial charge in [0.25, 0.3) is 0 Å². The first-order valence-electron chi connectivity index (χ1n) is 10.2. The molecule has 22 heavy (non-hydrogen) atoms. The van der Waals surface area contributed by atoms with Crippen LogP contribution in [0.5, 0.6) is 0 Å². The van der Waals surface area contributed by atoms with Crippen molar-refractivity contribution in [3.8, 4) is 6.07 Å². The van der Waals surface area contributed by atoms with Gasteiger partial charge in [0.2, 0.25) is 0 Å². The Morgan fingerprint density at radius 3 is 2.41 bits per heavy atom. The number of unbranched alkanes of at least 4 members (excludes halogenated alkanes) is 4. The van der Waals surface area contributed by atoms with E-state index in [0.29, 0.717) is 5.92 Å². The van der Waals surface area contributed by atoms with E-state index in [0.717, 1.165) is 23.7 Å². The molecule has 0 heterocycles. The maximum atomic E-state index is 9.47. The number of fused-ring (bicyclic) bond motifs is 1. The Bertz CT molecular complexity index is 342. The molecule has 2 aliphatic carbocycles. The lowest BCUT2D eigenvalue weighted by atomic mass is 9.58. The Morgan fingerprint density at radius 2 is 1.68 bits per heavy atom. The number of nitrogens with zero attached hydrogens (tertiary/aromatic N) is 1. The van der Waals surface area contributed by atoms with E-state index in [4.69, 9.17) is 0 Å². The lowest BCUT2D eigenvalue weighted by molar-refractivity contribution is 0.0449. The molecule has 2 aliphatic rings. The third kappa shape index (κ3) is 4.74. The van der Waals surface area contributed by atoms with Gasteiger partial charge in [-0.15, -0.1) is 0 Å². The van der Waals surface area contributed by atoms with E-state index in [2.05, 4.69) is 19.9 Å². The number of rotatable bonds is 8. The second-order valence-electron chi connectivity index (χ2n) is 8.07. The molecule has 0 aromatic rings. The first-order valence-corrected chi connectivity index (χ1v) is 10.2. The van der Waals surface area contributed by atoms with Crippen molar-refractivity contribution >= 4 is 0 Å². The number of hydrogen-bond donors (Lipinski definition) is 0. The Hall–Kier alpha value is -0.510. The molecule has 1 nitrogen and oxygen atoms in total. The normalized spacial score (nSPS) is 34.9. The molecular weight excluding hydrogens is 266 g/mol. The zero-order valence-electron chi connectivity index (χ0n) is 15.0. The van der Waals surface area contributed by atoms with Crippen LogP contribution in [0.2, 0.25) is 0 Å². The van der Waals surface area contributed by atoms with Crippen molar-refractivity contribution in [2.45, 2.75) is 97.3 Å². The zero-order valence-corrected chi connectivity index (χ0v) is 15.0. The van der Waals surface area contributed by atoms with E-state index in [9.17, 15) is 5.26 Å². The highest BCUT2D eigenvalue weighted by atomic mass is 14.5. The molecule has 0 amide bonds. The van der Waals surface area contributed by atoms with Crippen LogP contribution in [0, 0.1) is 40.9 Å². The minimum absolute atomic E-state index is 0.367. The highest BCUT2D eigenvalue weighted by molar-refractivity contribution is 4.98. The van der Waals surface area contributed by atoms with Gasteiger partial charge in [-0.25, -0.2) is 0 Å². The van der Waals surface area contributed by atoms with Gasteiger partial charge in [0.1, 0.15) is 0 Å². The van der Waals surface area contributed by atoms with E-state index < -0.39 is 0 Å². The van der Waals surface area contributed by atoms with Crippen molar-refractivity contribution in [3.63, 3.8) is 0 Å². The first-order chi connectivity index (χ1) is 10.8. The van der Waals surface area contributed by atoms with Crippen LogP contribution in [0.25, 0.3) is 0 Å². The average molecular weight is 304 g/mol. The lowest BCUT2D eigenvalue weighted by Gasteiger charge is -2.46.